The van der Waals surface area contributed by atoms with Crippen LogP contribution in [-0.4, -0.2) is 48.6 Å². The van der Waals surface area contributed by atoms with Gasteiger partial charge in [0.1, 0.15) is 5.82 Å². The summed E-state index contributed by atoms with van der Waals surface area (Å²) in [6, 6.07) is 2.17. The number of likely N-dealkylation sites (tertiary alicyclic amines) is 1. The predicted octanol–water partition coefficient (Wildman–Crippen LogP) is 1.92. The number of nitrogens with one attached hydrogen (secondary N) is 1. The molecule has 2 unspecified atom stereocenters. The second kappa shape index (κ2) is 6.44. The van der Waals surface area contributed by atoms with Crippen molar-refractivity contribution >= 4 is 0 Å². The molecular weight excluding hydrogens is 236 g/mol. The van der Waals surface area contributed by atoms with E-state index in [9.17, 15) is 0 Å². The van der Waals surface area contributed by atoms with E-state index < -0.39 is 0 Å². The van der Waals surface area contributed by atoms with Gasteiger partial charge in [0.25, 0.3) is 0 Å². The maximum absolute atomic E-state index is 4.86. The number of likely N-dealkylation sites (N-methyl/N-ethyl adjacent to an activating group) is 2. The highest BCUT2D eigenvalue weighted by atomic mass is 15.1. The van der Waals surface area contributed by atoms with Crippen LogP contribution in [0.3, 0.4) is 0 Å². The summed E-state index contributed by atoms with van der Waals surface area (Å²) in [5, 5.41) is 3.24. The van der Waals surface area contributed by atoms with Gasteiger partial charge in [-0.2, -0.15) is 0 Å². The first-order valence-electron chi connectivity index (χ1n) is 7.32. The van der Waals surface area contributed by atoms with E-state index in [1.807, 2.05) is 7.05 Å². The van der Waals surface area contributed by atoms with Crippen molar-refractivity contribution in [3.8, 4) is 0 Å². The highest BCUT2D eigenvalue weighted by Gasteiger charge is 2.24. The molecule has 0 aromatic carbocycles. The lowest BCUT2D eigenvalue weighted by Gasteiger charge is -2.17. The van der Waals surface area contributed by atoms with Crippen LogP contribution in [0.1, 0.15) is 48.8 Å². The molecule has 1 saturated heterocycles. The zero-order valence-corrected chi connectivity index (χ0v) is 12.6. The van der Waals surface area contributed by atoms with Crippen LogP contribution in [0, 0.1) is 6.92 Å². The van der Waals surface area contributed by atoms with Gasteiger partial charge in [-0.1, -0.05) is 6.92 Å². The lowest BCUT2D eigenvalue weighted by atomic mass is 10.0. The molecule has 0 bridgehead atoms. The third-order valence-electron chi connectivity index (χ3n) is 4.01. The Bertz CT molecular complexity index is 396. The van der Waals surface area contributed by atoms with Crippen LogP contribution in [0.4, 0.5) is 0 Å². The monoisotopic (exact) mass is 262 g/mol. The van der Waals surface area contributed by atoms with Crippen LogP contribution in [-0.2, 0) is 0 Å². The quantitative estimate of drug-likeness (QED) is 0.880. The van der Waals surface area contributed by atoms with E-state index in [0.29, 0.717) is 11.8 Å². The van der Waals surface area contributed by atoms with E-state index in [-0.39, 0.29) is 0 Å². The van der Waals surface area contributed by atoms with Gasteiger partial charge in [-0.05, 0) is 46.5 Å². The summed E-state index contributed by atoms with van der Waals surface area (Å²) in [5.74, 6) is 2.02. The smallest absolute Gasteiger partial charge is 0.133 e. The van der Waals surface area contributed by atoms with E-state index in [1.165, 1.54) is 18.7 Å². The number of nitrogens with zero attached hydrogens (tertiary/aromatic N) is 3. The molecule has 0 saturated carbocycles. The molecule has 106 valence electrons. The predicted molar refractivity (Wildman–Crippen MR) is 78.6 cm³/mol. The van der Waals surface area contributed by atoms with Gasteiger partial charge in [0.2, 0.25) is 0 Å². The second-order valence-electron chi connectivity index (χ2n) is 5.70. The third kappa shape index (κ3) is 3.51. The van der Waals surface area contributed by atoms with Gasteiger partial charge < -0.3 is 10.2 Å². The minimum absolute atomic E-state index is 0.419. The van der Waals surface area contributed by atoms with Gasteiger partial charge >= 0.3 is 0 Å². The lowest BCUT2D eigenvalue weighted by molar-refractivity contribution is 0.410. The fourth-order valence-electron chi connectivity index (χ4n) is 2.85. The minimum atomic E-state index is 0.419. The number of hydrogen-bond donors (Lipinski definition) is 1. The topological polar surface area (TPSA) is 41.1 Å². The summed E-state index contributed by atoms with van der Waals surface area (Å²) >= 11 is 0. The Labute approximate surface area is 116 Å². The highest BCUT2D eigenvalue weighted by Crippen LogP contribution is 2.26. The van der Waals surface area contributed by atoms with Gasteiger partial charge in [0.15, 0.2) is 0 Å². The van der Waals surface area contributed by atoms with Crippen LogP contribution in [0.25, 0.3) is 0 Å². The van der Waals surface area contributed by atoms with Crippen molar-refractivity contribution < 1.29 is 0 Å². The van der Waals surface area contributed by atoms with Gasteiger partial charge in [-0.15, -0.1) is 0 Å². The van der Waals surface area contributed by atoms with Gasteiger partial charge in [-0.3, -0.25) is 0 Å². The third-order valence-corrected chi connectivity index (χ3v) is 4.01. The van der Waals surface area contributed by atoms with E-state index in [2.05, 4.69) is 42.2 Å². The molecule has 2 rings (SSSR count). The molecule has 2 atom stereocenters. The SMILES string of the molecule is CCC(CNC)c1nc(C)cc(C2CCN(C)C2)n1. The zero-order valence-electron chi connectivity index (χ0n) is 12.6. The van der Waals surface area contributed by atoms with Crippen molar-refractivity contribution in [2.45, 2.75) is 38.5 Å². The maximum Gasteiger partial charge on any atom is 0.133 e. The average molecular weight is 262 g/mol. The lowest BCUT2D eigenvalue weighted by Crippen LogP contribution is -2.20. The summed E-state index contributed by atoms with van der Waals surface area (Å²) < 4.78 is 0. The van der Waals surface area contributed by atoms with Gasteiger partial charge in [0, 0.05) is 36.3 Å². The average Bonchev–Trinajstić information content (AvgIpc) is 2.82. The maximum atomic E-state index is 4.86. The van der Waals surface area contributed by atoms with Crippen LogP contribution in [0.2, 0.25) is 0 Å². The fraction of sp³-hybridized carbons (Fsp3) is 0.733. The van der Waals surface area contributed by atoms with Crippen LogP contribution in [0.5, 0.6) is 0 Å². The molecule has 1 aromatic rings. The van der Waals surface area contributed by atoms with Crippen molar-refractivity contribution in [2.24, 2.45) is 0 Å². The summed E-state index contributed by atoms with van der Waals surface area (Å²) in [6.07, 6.45) is 2.30. The largest absolute Gasteiger partial charge is 0.319 e. The molecule has 1 aliphatic rings. The first-order valence-corrected chi connectivity index (χ1v) is 7.32. The molecule has 0 amide bonds. The Morgan fingerprint density at radius 1 is 1.47 bits per heavy atom. The van der Waals surface area contributed by atoms with Crippen LogP contribution >= 0.6 is 0 Å². The fourth-order valence-corrected chi connectivity index (χ4v) is 2.85. The number of rotatable bonds is 5. The summed E-state index contributed by atoms with van der Waals surface area (Å²) in [7, 11) is 4.18. The number of aryl methyl sites for hydroxylation is 1. The Hall–Kier alpha value is -1.00. The molecule has 0 spiro atoms. The molecule has 0 radical (unpaired) electrons. The molecule has 1 aromatic heterocycles. The molecule has 1 aliphatic heterocycles. The molecule has 4 heteroatoms. The Balaban J connectivity index is 2.23. The summed E-state index contributed by atoms with van der Waals surface area (Å²) in [4.78, 5) is 11.9. The standard InChI is InChI=1S/C15H26N4/c1-5-12(9-16-3)15-17-11(2)8-14(18-15)13-6-7-19(4)10-13/h8,12-13,16H,5-7,9-10H2,1-4H3. The van der Waals surface area contributed by atoms with Gasteiger partial charge in [-0.25, -0.2) is 9.97 Å². The van der Waals surface area contributed by atoms with E-state index in [4.69, 9.17) is 4.98 Å². The summed E-state index contributed by atoms with van der Waals surface area (Å²) in [5.41, 5.74) is 2.34. The van der Waals surface area contributed by atoms with Crippen LogP contribution < -0.4 is 5.32 Å². The Morgan fingerprint density at radius 3 is 2.84 bits per heavy atom. The summed E-state index contributed by atoms with van der Waals surface area (Å²) in [6.45, 7) is 7.54. The Morgan fingerprint density at radius 2 is 2.26 bits per heavy atom. The molecule has 2 heterocycles. The van der Waals surface area contributed by atoms with Crippen molar-refractivity contribution in [1.82, 2.24) is 20.2 Å². The molecule has 1 N–H and O–H groups in total. The normalized spacial score (nSPS) is 21.8. The zero-order chi connectivity index (χ0) is 13.8. The van der Waals surface area contributed by atoms with Crippen molar-refractivity contribution in [2.75, 3.05) is 33.7 Å². The molecule has 1 fully saturated rings. The second-order valence-corrected chi connectivity index (χ2v) is 5.70. The Kier molecular flexibility index (Phi) is 4.88. The van der Waals surface area contributed by atoms with E-state index >= 15 is 0 Å². The van der Waals surface area contributed by atoms with Crippen molar-refractivity contribution in [1.29, 1.82) is 0 Å². The first kappa shape index (κ1) is 14.4. The number of hydrogen-bond acceptors (Lipinski definition) is 4. The van der Waals surface area contributed by atoms with Gasteiger partial charge in [0.05, 0.1) is 0 Å². The van der Waals surface area contributed by atoms with E-state index in [1.54, 1.807) is 0 Å². The van der Waals surface area contributed by atoms with E-state index in [0.717, 1.165) is 31.0 Å². The molecule has 0 aliphatic carbocycles. The molecule has 19 heavy (non-hydrogen) atoms. The number of aromatic nitrogens is 2. The molecule has 4 nitrogen and oxygen atoms in total. The first-order chi connectivity index (χ1) is 9.13. The van der Waals surface area contributed by atoms with Crippen LogP contribution in [0.15, 0.2) is 6.07 Å². The molecular formula is C15H26N4. The van der Waals surface area contributed by atoms with Crippen molar-refractivity contribution in [3.05, 3.63) is 23.3 Å². The highest BCUT2D eigenvalue weighted by molar-refractivity contribution is 5.17. The minimum Gasteiger partial charge on any atom is -0.319 e. The van der Waals surface area contributed by atoms with Crippen molar-refractivity contribution in [3.63, 3.8) is 0 Å².